The maximum absolute atomic E-state index is 11.8. The van der Waals surface area contributed by atoms with Gasteiger partial charge in [-0.2, -0.15) is 0 Å². The molecule has 0 spiro atoms. The summed E-state index contributed by atoms with van der Waals surface area (Å²) in [6.45, 7) is 3.35. The molecular weight excluding hydrogens is 360 g/mol. The molecule has 1 rings (SSSR count). The van der Waals surface area contributed by atoms with Crippen LogP contribution in [0, 0.1) is 0 Å². The summed E-state index contributed by atoms with van der Waals surface area (Å²) in [5.41, 5.74) is 0. The van der Waals surface area contributed by atoms with Crippen LogP contribution >= 0.6 is 0 Å². The Morgan fingerprint density at radius 2 is 1.15 bits per heavy atom. The summed E-state index contributed by atoms with van der Waals surface area (Å²) in [6, 6.07) is 0. The zero-order chi connectivity index (χ0) is 20.6. The first-order chi connectivity index (χ1) is 12.6. The number of nitrogens with zero attached hydrogens (tertiary/aromatic N) is 2. The molecule has 1 aliphatic heterocycles. The lowest BCUT2D eigenvalue weighted by Crippen LogP contribution is -2.52. The molecule has 1 heterocycles. The molecule has 0 radical (unpaired) electrons. The molecule has 0 saturated carbocycles. The van der Waals surface area contributed by atoms with Crippen LogP contribution in [0.4, 0.5) is 0 Å². The standard InChI is InChI=1S/C15H24N6O6/c1-9-18-14(26)4-12(24)16-6-20(10(2)22)8-21(11(3)23)7-17-13(25)5-15(27)19-9/h9H,4-8H2,1-3H3,(H,16,24)(H,17,25)(H,18,26)(H,19,27). The van der Waals surface area contributed by atoms with Crippen molar-refractivity contribution in [3.8, 4) is 0 Å². The number of hydrogen-bond donors (Lipinski definition) is 4. The van der Waals surface area contributed by atoms with Crippen molar-refractivity contribution in [1.29, 1.82) is 0 Å². The molecule has 1 fully saturated rings. The Morgan fingerprint density at radius 1 is 0.778 bits per heavy atom. The van der Waals surface area contributed by atoms with Gasteiger partial charge in [-0.1, -0.05) is 0 Å². The lowest BCUT2D eigenvalue weighted by atomic mass is 10.3. The smallest absolute Gasteiger partial charge is 0.231 e. The number of carbonyl (C=O) groups is 6. The van der Waals surface area contributed by atoms with Gasteiger partial charge in [-0.05, 0) is 6.92 Å². The van der Waals surface area contributed by atoms with E-state index in [2.05, 4.69) is 21.3 Å². The van der Waals surface area contributed by atoms with Gasteiger partial charge in [-0.3, -0.25) is 28.8 Å². The summed E-state index contributed by atoms with van der Waals surface area (Å²) >= 11 is 0. The molecule has 150 valence electrons. The number of amides is 6. The predicted molar refractivity (Wildman–Crippen MR) is 90.9 cm³/mol. The second-order valence-corrected chi connectivity index (χ2v) is 5.99. The Bertz CT molecular complexity index is 584. The molecule has 1 aliphatic rings. The molecule has 0 aliphatic carbocycles. The van der Waals surface area contributed by atoms with Gasteiger partial charge in [0.05, 0.1) is 26.2 Å². The van der Waals surface area contributed by atoms with Gasteiger partial charge >= 0.3 is 0 Å². The second-order valence-electron chi connectivity index (χ2n) is 5.99. The van der Waals surface area contributed by atoms with E-state index in [-0.39, 0.29) is 20.0 Å². The highest BCUT2D eigenvalue weighted by Crippen LogP contribution is 1.97. The van der Waals surface area contributed by atoms with Crippen LogP contribution in [-0.2, 0) is 28.8 Å². The molecule has 0 atom stereocenters. The van der Waals surface area contributed by atoms with Crippen molar-refractivity contribution >= 4 is 35.4 Å². The maximum Gasteiger partial charge on any atom is 0.231 e. The van der Waals surface area contributed by atoms with E-state index < -0.39 is 54.5 Å². The zero-order valence-electron chi connectivity index (χ0n) is 15.5. The minimum Gasteiger partial charge on any atom is -0.338 e. The summed E-state index contributed by atoms with van der Waals surface area (Å²) in [4.78, 5) is 73.1. The van der Waals surface area contributed by atoms with Crippen LogP contribution in [0.2, 0.25) is 0 Å². The quantitative estimate of drug-likeness (QED) is 0.330. The van der Waals surface area contributed by atoms with Crippen LogP contribution in [0.3, 0.4) is 0 Å². The Kier molecular flexibility index (Phi) is 8.17. The number of rotatable bonds is 0. The number of carbonyl (C=O) groups excluding carboxylic acids is 6. The largest absolute Gasteiger partial charge is 0.338 e. The van der Waals surface area contributed by atoms with Crippen molar-refractivity contribution in [3.63, 3.8) is 0 Å². The van der Waals surface area contributed by atoms with Gasteiger partial charge in [0, 0.05) is 13.8 Å². The van der Waals surface area contributed by atoms with Gasteiger partial charge < -0.3 is 31.1 Å². The van der Waals surface area contributed by atoms with Crippen molar-refractivity contribution in [2.45, 2.75) is 39.8 Å². The van der Waals surface area contributed by atoms with Gasteiger partial charge in [-0.15, -0.1) is 0 Å². The van der Waals surface area contributed by atoms with E-state index in [4.69, 9.17) is 0 Å². The van der Waals surface area contributed by atoms with E-state index in [1.54, 1.807) is 0 Å². The zero-order valence-corrected chi connectivity index (χ0v) is 15.5. The lowest BCUT2D eigenvalue weighted by molar-refractivity contribution is -0.138. The van der Waals surface area contributed by atoms with Crippen LogP contribution in [0.15, 0.2) is 0 Å². The third kappa shape index (κ3) is 8.16. The first-order valence-electron chi connectivity index (χ1n) is 8.21. The molecule has 12 heteroatoms. The van der Waals surface area contributed by atoms with Crippen LogP contribution in [0.25, 0.3) is 0 Å². The van der Waals surface area contributed by atoms with Gasteiger partial charge in [-0.25, -0.2) is 0 Å². The highest BCUT2D eigenvalue weighted by molar-refractivity contribution is 5.98. The highest BCUT2D eigenvalue weighted by Gasteiger charge is 2.20. The molecule has 0 aromatic carbocycles. The minimum atomic E-state index is -0.791. The molecule has 0 bridgehead atoms. The third-order valence-corrected chi connectivity index (χ3v) is 3.56. The predicted octanol–water partition coefficient (Wildman–Crippen LogP) is -2.84. The molecule has 27 heavy (non-hydrogen) atoms. The van der Waals surface area contributed by atoms with E-state index >= 15 is 0 Å². The number of nitrogens with one attached hydrogen (secondary N) is 4. The van der Waals surface area contributed by atoms with Crippen molar-refractivity contribution in [3.05, 3.63) is 0 Å². The fourth-order valence-electron chi connectivity index (χ4n) is 2.13. The Morgan fingerprint density at radius 3 is 1.48 bits per heavy atom. The SMILES string of the molecule is CC(=O)N1CNC(=O)CC(=O)NC(C)NC(=O)CC(=O)NCN(C(C)=O)C1. The van der Waals surface area contributed by atoms with Gasteiger partial charge in [0.2, 0.25) is 35.4 Å². The molecule has 0 aromatic heterocycles. The minimum absolute atomic E-state index is 0.194. The highest BCUT2D eigenvalue weighted by atomic mass is 16.2. The van der Waals surface area contributed by atoms with Crippen molar-refractivity contribution in [2.24, 2.45) is 0 Å². The van der Waals surface area contributed by atoms with E-state index in [0.29, 0.717) is 0 Å². The molecule has 1 saturated heterocycles. The summed E-state index contributed by atoms with van der Waals surface area (Å²) < 4.78 is 0. The molecule has 6 amide bonds. The Labute approximate surface area is 156 Å². The van der Waals surface area contributed by atoms with Gasteiger partial charge in [0.1, 0.15) is 12.8 Å². The second kappa shape index (κ2) is 10.1. The van der Waals surface area contributed by atoms with Crippen LogP contribution in [0.5, 0.6) is 0 Å². The number of hydrogen-bond acceptors (Lipinski definition) is 6. The topological polar surface area (TPSA) is 157 Å². The van der Waals surface area contributed by atoms with E-state index in [9.17, 15) is 28.8 Å². The molecule has 12 nitrogen and oxygen atoms in total. The monoisotopic (exact) mass is 384 g/mol. The van der Waals surface area contributed by atoms with E-state index in [0.717, 1.165) is 9.80 Å². The first kappa shape index (κ1) is 21.9. The summed E-state index contributed by atoms with van der Waals surface area (Å²) in [7, 11) is 0. The van der Waals surface area contributed by atoms with Gasteiger partial charge in [0.25, 0.3) is 0 Å². The third-order valence-electron chi connectivity index (χ3n) is 3.56. The average Bonchev–Trinajstić information content (AvgIpc) is 2.51. The van der Waals surface area contributed by atoms with E-state index in [1.165, 1.54) is 20.8 Å². The fourth-order valence-corrected chi connectivity index (χ4v) is 2.13. The summed E-state index contributed by atoms with van der Waals surface area (Å²) in [6.07, 6.45) is -1.81. The molecular formula is C15H24N6O6. The molecule has 0 aromatic rings. The summed E-state index contributed by atoms with van der Waals surface area (Å²) in [5, 5.41) is 9.61. The van der Waals surface area contributed by atoms with Crippen LogP contribution < -0.4 is 21.3 Å². The van der Waals surface area contributed by atoms with Crippen molar-refractivity contribution < 1.29 is 28.8 Å². The van der Waals surface area contributed by atoms with Gasteiger partial charge in [0.15, 0.2) is 0 Å². The Hall–Kier alpha value is -3.18. The van der Waals surface area contributed by atoms with E-state index in [1.807, 2.05) is 0 Å². The average molecular weight is 384 g/mol. The fraction of sp³-hybridized carbons (Fsp3) is 0.600. The van der Waals surface area contributed by atoms with Crippen LogP contribution in [-0.4, -0.2) is 71.4 Å². The normalized spacial score (nSPS) is 18.9. The first-order valence-corrected chi connectivity index (χ1v) is 8.21. The molecule has 4 N–H and O–H groups in total. The Balaban J connectivity index is 2.94. The van der Waals surface area contributed by atoms with Crippen LogP contribution in [0.1, 0.15) is 33.6 Å². The molecule has 0 unspecified atom stereocenters. The maximum atomic E-state index is 11.8. The van der Waals surface area contributed by atoms with Crippen molar-refractivity contribution in [2.75, 3.05) is 20.0 Å². The lowest BCUT2D eigenvalue weighted by Gasteiger charge is -2.29. The van der Waals surface area contributed by atoms with Crippen molar-refractivity contribution in [1.82, 2.24) is 31.1 Å². The summed E-state index contributed by atoms with van der Waals surface area (Å²) in [5.74, 6) is -3.40.